The second kappa shape index (κ2) is 7.69. The van der Waals surface area contributed by atoms with E-state index in [0.717, 1.165) is 19.6 Å². The lowest BCUT2D eigenvalue weighted by molar-refractivity contribution is -0.130. The predicted octanol–water partition coefficient (Wildman–Crippen LogP) is 0.0676. The Labute approximate surface area is 131 Å². The zero-order valence-electron chi connectivity index (χ0n) is 13.7. The number of hydrazone groups is 1. The summed E-state index contributed by atoms with van der Waals surface area (Å²) in [5, 5.41) is 8.13. The first-order valence-corrected chi connectivity index (χ1v) is 7.92. The van der Waals surface area contributed by atoms with E-state index >= 15 is 0 Å². The lowest BCUT2D eigenvalue weighted by Gasteiger charge is -2.34. The van der Waals surface area contributed by atoms with Crippen molar-refractivity contribution in [3.8, 4) is 0 Å². The van der Waals surface area contributed by atoms with Crippen molar-refractivity contribution in [1.82, 2.24) is 15.2 Å². The minimum absolute atomic E-state index is 0.0139. The SMILES string of the molecule is CC(C)CN1CCOC(CNC(=O)C2=NN(C)C(=O)CC2)C1. The van der Waals surface area contributed by atoms with Crippen LogP contribution in [0.25, 0.3) is 0 Å². The highest BCUT2D eigenvalue weighted by atomic mass is 16.5. The van der Waals surface area contributed by atoms with Gasteiger partial charge < -0.3 is 10.1 Å². The van der Waals surface area contributed by atoms with Gasteiger partial charge in [0.15, 0.2) is 0 Å². The summed E-state index contributed by atoms with van der Waals surface area (Å²) in [7, 11) is 1.57. The van der Waals surface area contributed by atoms with E-state index in [0.29, 0.717) is 37.6 Å². The third kappa shape index (κ3) is 4.78. The van der Waals surface area contributed by atoms with Crippen molar-refractivity contribution in [3.05, 3.63) is 0 Å². The van der Waals surface area contributed by atoms with Gasteiger partial charge in [-0.3, -0.25) is 14.5 Å². The minimum atomic E-state index is -0.205. The van der Waals surface area contributed by atoms with Crippen LogP contribution in [-0.4, -0.2) is 73.4 Å². The molecule has 0 aromatic carbocycles. The second-order valence-corrected chi connectivity index (χ2v) is 6.32. The third-order valence-electron chi connectivity index (χ3n) is 3.81. The number of nitrogens with one attached hydrogen (secondary N) is 1. The van der Waals surface area contributed by atoms with Crippen LogP contribution in [0, 0.1) is 5.92 Å². The predicted molar refractivity (Wildman–Crippen MR) is 83.5 cm³/mol. The van der Waals surface area contributed by atoms with E-state index in [2.05, 4.69) is 29.2 Å². The molecule has 2 rings (SSSR count). The van der Waals surface area contributed by atoms with E-state index in [9.17, 15) is 9.59 Å². The van der Waals surface area contributed by atoms with Gasteiger partial charge in [0.1, 0.15) is 5.71 Å². The van der Waals surface area contributed by atoms with E-state index in [-0.39, 0.29) is 17.9 Å². The molecule has 0 aromatic rings. The lowest BCUT2D eigenvalue weighted by Crippen LogP contribution is -2.49. The smallest absolute Gasteiger partial charge is 0.267 e. The first-order valence-electron chi connectivity index (χ1n) is 7.92. The van der Waals surface area contributed by atoms with Crippen LogP contribution in [0.5, 0.6) is 0 Å². The molecule has 0 saturated carbocycles. The van der Waals surface area contributed by atoms with Gasteiger partial charge in [0.2, 0.25) is 5.91 Å². The molecule has 22 heavy (non-hydrogen) atoms. The molecule has 0 bridgehead atoms. The number of rotatable bonds is 5. The quantitative estimate of drug-likeness (QED) is 0.780. The molecule has 7 nitrogen and oxygen atoms in total. The molecule has 7 heteroatoms. The fourth-order valence-electron chi connectivity index (χ4n) is 2.73. The van der Waals surface area contributed by atoms with Gasteiger partial charge in [0.05, 0.1) is 12.7 Å². The van der Waals surface area contributed by atoms with Crippen molar-refractivity contribution in [3.63, 3.8) is 0 Å². The van der Waals surface area contributed by atoms with Crippen molar-refractivity contribution in [2.75, 3.05) is 39.8 Å². The number of carbonyl (C=O) groups is 2. The maximum Gasteiger partial charge on any atom is 0.267 e. The van der Waals surface area contributed by atoms with Gasteiger partial charge in [-0.25, -0.2) is 5.01 Å². The van der Waals surface area contributed by atoms with Gasteiger partial charge in [0.25, 0.3) is 5.91 Å². The van der Waals surface area contributed by atoms with Crippen molar-refractivity contribution in [2.24, 2.45) is 11.0 Å². The molecule has 1 saturated heterocycles. The van der Waals surface area contributed by atoms with Crippen molar-refractivity contribution < 1.29 is 14.3 Å². The Morgan fingerprint density at radius 1 is 1.45 bits per heavy atom. The van der Waals surface area contributed by atoms with Crippen molar-refractivity contribution >= 4 is 17.5 Å². The Morgan fingerprint density at radius 2 is 2.23 bits per heavy atom. The largest absolute Gasteiger partial charge is 0.374 e. The summed E-state index contributed by atoms with van der Waals surface area (Å²) >= 11 is 0. The molecule has 0 spiro atoms. The van der Waals surface area contributed by atoms with Gasteiger partial charge in [-0.05, 0) is 5.92 Å². The number of nitrogens with zero attached hydrogens (tertiary/aromatic N) is 3. The standard InChI is InChI=1S/C15H26N4O3/c1-11(2)9-19-6-7-22-12(10-19)8-16-15(21)13-4-5-14(20)18(3)17-13/h11-12H,4-10H2,1-3H3,(H,16,21). The van der Waals surface area contributed by atoms with Crippen LogP contribution in [-0.2, 0) is 14.3 Å². The van der Waals surface area contributed by atoms with Crippen LogP contribution in [0.2, 0.25) is 0 Å². The zero-order chi connectivity index (χ0) is 16.1. The molecule has 2 heterocycles. The van der Waals surface area contributed by atoms with E-state index < -0.39 is 0 Å². The maximum atomic E-state index is 12.1. The number of carbonyl (C=O) groups excluding carboxylic acids is 2. The fraction of sp³-hybridized carbons (Fsp3) is 0.800. The highest BCUT2D eigenvalue weighted by Crippen LogP contribution is 2.09. The number of ether oxygens (including phenoxy) is 1. The number of morpholine rings is 1. The van der Waals surface area contributed by atoms with Crippen molar-refractivity contribution in [1.29, 1.82) is 0 Å². The number of amides is 2. The molecule has 1 fully saturated rings. The average Bonchev–Trinajstić information content (AvgIpc) is 2.47. The lowest BCUT2D eigenvalue weighted by atomic mass is 10.1. The van der Waals surface area contributed by atoms with E-state index in [1.807, 2.05) is 0 Å². The topological polar surface area (TPSA) is 74.2 Å². The highest BCUT2D eigenvalue weighted by Gasteiger charge is 2.24. The summed E-state index contributed by atoms with van der Waals surface area (Å²) in [5.41, 5.74) is 0.414. The summed E-state index contributed by atoms with van der Waals surface area (Å²) in [5.74, 6) is 0.360. The molecule has 2 aliphatic rings. The van der Waals surface area contributed by atoms with Crippen molar-refractivity contribution in [2.45, 2.75) is 32.8 Å². The Balaban J connectivity index is 1.78. The molecule has 0 aromatic heterocycles. The van der Waals surface area contributed by atoms with E-state index in [4.69, 9.17) is 4.74 Å². The average molecular weight is 310 g/mol. The molecule has 0 aliphatic carbocycles. The molecule has 1 atom stereocenters. The van der Waals surface area contributed by atoms with Gasteiger partial charge >= 0.3 is 0 Å². The fourth-order valence-corrected chi connectivity index (χ4v) is 2.73. The van der Waals surface area contributed by atoms with E-state index in [1.165, 1.54) is 5.01 Å². The van der Waals surface area contributed by atoms with Gasteiger partial charge in [-0.1, -0.05) is 13.8 Å². The van der Waals surface area contributed by atoms with Crippen LogP contribution in [0.15, 0.2) is 5.10 Å². The number of hydrogen-bond acceptors (Lipinski definition) is 5. The van der Waals surface area contributed by atoms with Crippen LogP contribution in [0.1, 0.15) is 26.7 Å². The van der Waals surface area contributed by atoms with Gasteiger partial charge in [-0.2, -0.15) is 5.10 Å². The molecule has 1 N–H and O–H groups in total. The van der Waals surface area contributed by atoms with Crippen LogP contribution < -0.4 is 5.32 Å². The zero-order valence-corrected chi connectivity index (χ0v) is 13.7. The van der Waals surface area contributed by atoms with Crippen LogP contribution in [0.3, 0.4) is 0 Å². The summed E-state index contributed by atoms with van der Waals surface area (Å²) in [6.07, 6.45) is 0.755. The Hall–Kier alpha value is -1.47. The summed E-state index contributed by atoms with van der Waals surface area (Å²) in [4.78, 5) is 25.8. The molecule has 2 aliphatic heterocycles. The molecular weight excluding hydrogens is 284 g/mol. The molecule has 124 valence electrons. The summed E-state index contributed by atoms with van der Waals surface area (Å²) < 4.78 is 5.70. The number of hydrogen-bond donors (Lipinski definition) is 1. The Kier molecular flexibility index (Phi) is 5.90. The molecule has 0 radical (unpaired) electrons. The normalized spacial score (nSPS) is 23.6. The molecule has 1 unspecified atom stereocenters. The monoisotopic (exact) mass is 310 g/mol. The molecular formula is C15H26N4O3. The maximum absolute atomic E-state index is 12.1. The first-order chi connectivity index (χ1) is 10.5. The second-order valence-electron chi connectivity index (χ2n) is 6.32. The third-order valence-corrected chi connectivity index (χ3v) is 3.81. The Morgan fingerprint density at radius 3 is 2.91 bits per heavy atom. The van der Waals surface area contributed by atoms with E-state index in [1.54, 1.807) is 7.05 Å². The molecule has 2 amide bonds. The minimum Gasteiger partial charge on any atom is -0.374 e. The van der Waals surface area contributed by atoms with Gasteiger partial charge in [-0.15, -0.1) is 0 Å². The van der Waals surface area contributed by atoms with Crippen LogP contribution in [0.4, 0.5) is 0 Å². The summed E-state index contributed by atoms with van der Waals surface area (Å²) in [6.45, 7) is 8.41. The summed E-state index contributed by atoms with van der Waals surface area (Å²) in [6, 6.07) is 0. The Bertz CT molecular complexity index is 450. The van der Waals surface area contributed by atoms with Gasteiger partial charge in [0, 0.05) is 46.1 Å². The van der Waals surface area contributed by atoms with Crippen LogP contribution >= 0.6 is 0 Å². The first kappa shape index (κ1) is 16.9. The highest BCUT2D eigenvalue weighted by molar-refractivity contribution is 6.39.